The average molecular weight is 390 g/mol. The molecule has 1 aliphatic heterocycles. The zero-order valence-electron chi connectivity index (χ0n) is 17.2. The third kappa shape index (κ3) is 4.43. The molecule has 1 aliphatic rings. The van der Waals surface area contributed by atoms with Crippen molar-refractivity contribution in [2.75, 3.05) is 60.7 Å². The summed E-state index contributed by atoms with van der Waals surface area (Å²) in [6.07, 6.45) is 0. The van der Waals surface area contributed by atoms with Crippen molar-refractivity contribution in [2.45, 2.75) is 19.5 Å². The highest BCUT2D eigenvalue weighted by atomic mass is 16.5. The van der Waals surface area contributed by atoms with Crippen LogP contribution in [0.1, 0.15) is 24.4 Å². The van der Waals surface area contributed by atoms with Crippen LogP contribution in [0.4, 0.5) is 0 Å². The Morgan fingerprint density at radius 3 is 2.50 bits per heavy atom. The van der Waals surface area contributed by atoms with Crippen LogP contribution in [-0.2, 0) is 11.3 Å². The summed E-state index contributed by atoms with van der Waals surface area (Å²) in [5, 5.41) is 12.5. The van der Waals surface area contributed by atoms with Crippen LogP contribution in [0.3, 0.4) is 0 Å². The van der Waals surface area contributed by atoms with Crippen molar-refractivity contribution in [3.8, 4) is 11.5 Å². The Labute approximate surface area is 166 Å². The summed E-state index contributed by atoms with van der Waals surface area (Å²) >= 11 is 0. The van der Waals surface area contributed by atoms with E-state index in [0.717, 1.165) is 55.6 Å². The molecule has 0 bridgehead atoms. The number of benzene rings is 1. The summed E-state index contributed by atoms with van der Waals surface area (Å²) in [7, 11) is 5.03. The summed E-state index contributed by atoms with van der Waals surface area (Å²) in [4.78, 5) is 4.86. The number of nitrogens with zero attached hydrogens (tertiary/aromatic N) is 6. The number of rotatable bonds is 9. The van der Waals surface area contributed by atoms with Gasteiger partial charge in [0.05, 0.1) is 27.4 Å². The molecule has 1 aromatic carbocycles. The number of methoxy groups -OCH3 is 3. The highest BCUT2D eigenvalue weighted by Crippen LogP contribution is 2.36. The fourth-order valence-corrected chi connectivity index (χ4v) is 3.63. The van der Waals surface area contributed by atoms with Gasteiger partial charge in [-0.25, -0.2) is 4.68 Å². The predicted molar refractivity (Wildman–Crippen MR) is 105 cm³/mol. The second-order valence-electron chi connectivity index (χ2n) is 6.73. The van der Waals surface area contributed by atoms with Gasteiger partial charge in [0.2, 0.25) is 0 Å². The van der Waals surface area contributed by atoms with Gasteiger partial charge in [-0.1, -0.05) is 6.92 Å². The second kappa shape index (κ2) is 9.81. The number of likely N-dealkylation sites (N-methyl/N-ethyl adjacent to an activating group) is 1. The first-order valence-corrected chi connectivity index (χ1v) is 9.65. The molecule has 2 aromatic rings. The van der Waals surface area contributed by atoms with Crippen LogP contribution in [-0.4, -0.2) is 90.7 Å². The van der Waals surface area contributed by atoms with Gasteiger partial charge in [0.25, 0.3) is 0 Å². The van der Waals surface area contributed by atoms with Crippen LogP contribution in [0, 0.1) is 0 Å². The van der Waals surface area contributed by atoms with Crippen LogP contribution in [0.25, 0.3) is 0 Å². The van der Waals surface area contributed by atoms with Gasteiger partial charge < -0.3 is 19.1 Å². The molecule has 1 saturated heterocycles. The third-order valence-corrected chi connectivity index (χ3v) is 5.26. The van der Waals surface area contributed by atoms with Crippen molar-refractivity contribution < 1.29 is 14.2 Å². The van der Waals surface area contributed by atoms with Crippen molar-refractivity contribution in [1.82, 2.24) is 30.0 Å². The molecule has 0 spiro atoms. The first kappa shape index (κ1) is 20.5. The molecule has 1 fully saturated rings. The van der Waals surface area contributed by atoms with Crippen LogP contribution < -0.4 is 9.47 Å². The molecular formula is C19H30N6O3. The third-order valence-electron chi connectivity index (χ3n) is 5.26. The highest BCUT2D eigenvalue weighted by molar-refractivity contribution is 5.44. The monoisotopic (exact) mass is 390 g/mol. The number of piperazine rings is 1. The molecule has 0 aliphatic carbocycles. The van der Waals surface area contributed by atoms with E-state index in [1.54, 1.807) is 21.3 Å². The Balaban J connectivity index is 2.02. The van der Waals surface area contributed by atoms with E-state index >= 15 is 0 Å². The van der Waals surface area contributed by atoms with Crippen LogP contribution in [0.15, 0.2) is 18.2 Å². The lowest BCUT2D eigenvalue weighted by Crippen LogP contribution is -2.48. The van der Waals surface area contributed by atoms with Gasteiger partial charge in [-0.15, -0.1) is 5.10 Å². The maximum atomic E-state index is 5.68. The van der Waals surface area contributed by atoms with E-state index in [1.807, 2.05) is 22.9 Å². The normalized spacial score (nSPS) is 16.9. The fraction of sp³-hybridized carbons (Fsp3) is 0.632. The topological polar surface area (TPSA) is 77.8 Å². The molecule has 3 rings (SSSR count). The Bertz CT molecular complexity index is 745. The molecule has 9 heteroatoms. The molecule has 9 nitrogen and oxygen atoms in total. The molecule has 0 N–H and O–H groups in total. The molecule has 154 valence electrons. The van der Waals surface area contributed by atoms with Crippen LogP contribution in [0.5, 0.6) is 11.5 Å². The maximum absolute atomic E-state index is 5.68. The van der Waals surface area contributed by atoms with E-state index in [4.69, 9.17) is 14.2 Å². The maximum Gasteiger partial charge on any atom is 0.173 e. The molecule has 0 radical (unpaired) electrons. The Morgan fingerprint density at radius 2 is 1.86 bits per heavy atom. The lowest BCUT2D eigenvalue weighted by molar-refractivity contribution is 0.106. The summed E-state index contributed by atoms with van der Waals surface area (Å²) in [6.45, 7) is 8.28. The van der Waals surface area contributed by atoms with Crippen molar-refractivity contribution in [3.63, 3.8) is 0 Å². The first-order chi connectivity index (χ1) is 13.7. The van der Waals surface area contributed by atoms with Gasteiger partial charge in [0, 0.05) is 38.9 Å². The fourth-order valence-electron chi connectivity index (χ4n) is 3.63. The van der Waals surface area contributed by atoms with E-state index in [9.17, 15) is 0 Å². The molecule has 0 amide bonds. The molecule has 0 unspecified atom stereocenters. The summed E-state index contributed by atoms with van der Waals surface area (Å²) in [5.74, 6) is 2.36. The lowest BCUT2D eigenvalue weighted by atomic mass is 10.0. The molecule has 2 heterocycles. The van der Waals surface area contributed by atoms with Gasteiger partial charge in [-0.05, 0) is 35.2 Å². The molecule has 0 saturated carbocycles. The minimum atomic E-state index is -0.129. The van der Waals surface area contributed by atoms with Crippen molar-refractivity contribution in [3.05, 3.63) is 29.6 Å². The molecular weight excluding hydrogens is 360 g/mol. The van der Waals surface area contributed by atoms with E-state index in [-0.39, 0.29) is 6.04 Å². The summed E-state index contributed by atoms with van der Waals surface area (Å²) in [5.41, 5.74) is 1.00. The summed E-state index contributed by atoms with van der Waals surface area (Å²) in [6, 6.07) is 5.73. The number of hydrogen-bond donors (Lipinski definition) is 0. The number of hydrogen-bond acceptors (Lipinski definition) is 8. The molecule has 1 aromatic heterocycles. The number of ether oxygens (including phenoxy) is 3. The zero-order valence-corrected chi connectivity index (χ0v) is 17.2. The largest absolute Gasteiger partial charge is 0.497 e. The standard InChI is InChI=1S/C19H30N6O3/c1-5-23-8-10-24(11-9-23)18(19-20-21-22-25(19)12-13-26-2)16-14-15(27-3)6-7-17(16)28-4/h6-7,14,18H,5,8-13H2,1-4H3/t18-/m1/s1. The Hall–Kier alpha value is -2.23. The Morgan fingerprint density at radius 1 is 1.07 bits per heavy atom. The SMILES string of the molecule is CCN1CCN([C@H](c2cc(OC)ccc2OC)c2nnnn2CCOC)CC1. The Kier molecular flexibility index (Phi) is 7.18. The highest BCUT2D eigenvalue weighted by Gasteiger charge is 2.32. The van der Waals surface area contributed by atoms with Gasteiger partial charge in [0.15, 0.2) is 5.82 Å². The van der Waals surface area contributed by atoms with Crippen molar-refractivity contribution in [1.29, 1.82) is 0 Å². The van der Waals surface area contributed by atoms with E-state index < -0.39 is 0 Å². The number of aromatic nitrogens is 4. The van der Waals surface area contributed by atoms with Crippen molar-refractivity contribution >= 4 is 0 Å². The van der Waals surface area contributed by atoms with E-state index in [0.29, 0.717) is 13.2 Å². The van der Waals surface area contributed by atoms with E-state index in [1.165, 1.54) is 0 Å². The summed E-state index contributed by atoms with van der Waals surface area (Å²) < 4.78 is 18.2. The minimum absolute atomic E-state index is 0.129. The van der Waals surface area contributed by atoms with Crippen LogP contribution >= 0.6 is 0 Å². The quantitative estimate of drug-likeness (QED) is 0.629. The average Bonchev–Trinajstić information content (AvgIpc) is 3.20. The minimum Gasteiger partial charge on any atom is -0.497 e. The number of tetrazole rings is 1. The van der Waals surface area contributed by atoms with Gasteiger partial charge in [-0.3, -0.25) is 4.90 Å². The lowest BCUT2D eigenvalue weighted by Gasteiger charge is -2.38. The van der Waals surface area contributed by atoms with Crippen LogP contribution in [0.2, 0.25) is 0 Å². The smallest absolute Gasteiger partial charge is 0.173 e. The zero-order chi connectivity index (χ0) is 19.9. The van der Waals surface area contributed by atoms with Gasteiger partial charge in [-0.2, -0.15) is 0 Å². The molecule has 28 heavy (non-hydrogen) atoms. The first-order valence-electron chi connectivity index (χ1n) is 9.65. The second-order valence-corrected chi connectivity index (χ2v) is 6.73. The van der Waals surface area contributed by atoms with Gasteiger partial charge in [0.1, 0.15) is 17.5 Å². The van der Waals surface area contributed by atoms with Crippen molar-refractivity contribution in [2.24, 2.45) is 0 Å². The molecule has 1 atom stereocenters. The van der Waals surface area contributed by atoms with E-state index in [2.05, 4.69) is 32.2 Å². The predicted octanol–water partition coefficient (Wildman–Crippen LogP) is 1.06. The van der Waals surface area contributed by atoms with Gasteiger partial charge >= 0.3 is 0 Å².